The van der Waals surface area contributed by atoms with Gasteiger partial charge in [0.2, 0.25) is 5.88 Å². The van der Waals surface area contributed by atoms with Crippen LogP contribution in [0.3, 0.4) is 0 Å². The summed E-state index contributed by atoms with van der Waals surface area (Å²) in [5, 5.41) is 26.4. The molecule has 0 aliphatic carbocycles. The van der Waals surface area contributed by atoms with E-state index in [1.807, 2.05) is 23.8 Å². The number of aromatic amines is 1. The second kappa shape index (κ2) is 7.59. The zero-order chi connectivity index (χ0) is 18.6. The zero-order valence-electron chi connectivity index (χ0n) is 14.4. The van der Waals surface area contributed by atoms with Crippen LogP contribution in [0.5, 0.6) is 11.6 Å². The summed E-state index contributed by atoms with van der Waals surface area (Å²) in [6, 6.07) is 10.2. The fraction of sp³-hybridized carbons (Fsp3) is 0.222. The molecule has 1 unspecified atom stereocenters. The third-order valence-corrected chi connectivity index (χ3v) is 4.44. The van der Waals surface area contributed by atoms with E-state index in [1.165, 1.54) is 11.3 Å². The number of benzene rings is 1. The van der Waals surface area contributed by atoms with E-state index in [1.54, 1.807) is 37.3 Å². The number of carbonyl (C=O) groups excluding carboxylic acids is 1. The molecule has 0 aliphatic heterocycles. The highest BCUT2D eigenvalue weighted by Crippen LogP contribution is 2.23. The topological polar surface area (TPSA) is 99.3 Å². The molecular weight excluding hydrogens is 352 g/mol. The van der Waals surface area contributed by atoms with Crippen LogP contribution in [-0.4, -0.2) is 27.9 Å². The highest BCUT2D eigenvalue weighted by molar-refractivity contribution is 7.08. The molecule has 3 aromatic rings. The van der Waals surface area contributed by atoms with Crippen molar-refractivity contribution in [3.8, 4) is 11.6 Å². The van der Waals surface area contributed by atoms with Gasteiger partial charge in [0.15, 0.2) is 0 Å². The number of aromatic nitrogens is 2. The third-order valence-electron chi connectivity index (χ3n) is 3.75. The van der Waals surface area contributed by atoms with Crippen LogP contribution in [0.25, 0.3) is 0 Å². The molecule has 0 aliphatic rings. The standard InChI is InChI=1S/C18H20N4O3S/c1-12-9-16(22-21-12)25-15-5-3-14(4-6-15)20-17(23)19-11-18(2,24)13-7-8-26-10-13/h3-10,24H,11H2,1-2H3,(H,21,22)(H2,19,20,23). The van der Waals surface area contributed by atoms with Crippen molar-refractivity contribution in [2.24, 2.45) is 0 Å². The van der Waals surface area contributed by atoms with Crippen LogP contribution in [0, 0.1) is 6.92 Å². The lowest BCUT2D eigenvalue weighted by Gasteiger charge is -2.22. The van der Waals surface area contributed by atoms with Gasteiger partial charge in [-0.25, -0.2) is 4.79 Å². The predicted octanol–water partition coefficient (Wildman–Crippen LogP) is 3.60. The molecule has 4 N–H and O–H groups in total. The van der Waals surface area contributed by atoms with Gasteiger partial charge in [-0.05, 0) is 60.5 Å². The van der Waals surface area contributed by atoms with Crippen molar-refractivity contribution in [1.82, 2.24) is 15.5 Å². The Bertz CT molecular complexity index is 857. The Balaban J connectivity index is 1.51. The number of hydrogen-bond donors (Lipinski definition) is 4. The summed E-state index contributed by atoms with van der Waals surface area (Å²) in [5.74, 6) is 1.10. The van der Waals surface area contributed by atoms with Gasteiger partial charge in [-0.2, -0.15) is 11.3 Å². The Morgan fingerprint density at radius 2 is 2.12 bits per heavy atom. The molecule has 8 heteroatoms. The second-order valence-electron chi connectivity index (χ2n) is 6.11. The first kappa shape index (κ1) is 18.0. The van der Waals surface area contributed by atoms with E-state index in [2.05, 4.69) is 20.8 Å². The fourth-order valence-electron chi connectivity index (χ4n) is 2.27. The highest BCUT2D eigenvalue weighted by Gasteiger charge is 2.24. The number of hydrogen-bond acceptors (Lipinski definition) is 5. The molecule has 0 fully saturated rings. The molecule has 1 atom stereocenters. The summed E-state index contributed by atoms with van der Waals surface area (Å²) in [6.07, 6.45) is 0. The number of aliphatic hydroxyl groups is 1. The molecular formula is C18H20N4O3S. The van der Waals surface area contributed by atoms with Gasteiger partial charge in [0.05, 0.1) is 6.54 Å². The van der Waals surface area contributed by atoms with Gasteiger partial charge < -0.3 is 20.5 Å². The van der Waals surface area contributed by atoms with Gasteiger partial charge in [0.1, 0.15) is 11.4 Å². The van der Waals surface area contributed by atoms with Gasteiger partial charge in [-0.15, -0.1) is 5.10 Å². The van der Waals surface area contributed by atoms with E-state index < -0.39 is 11.6 Å². The minimum Gasteiger partial charge on any atom is -0.438 e. The normalized spacial score (nSPS) is 13.0. The fourth-order valence-corrected chi connectivity index (χ4v) is 3.06. The minimum atomic E-state index is -1.11. The number of urea groups is 1. The number of anilines is 1. The van der Waals surface area contributed by atoms with Gasteiger partial charge >= 0.3 is 6.03 Å². The predicted molar refractivity (Wildman–Crippen MR) is 101 cm³/mol. The van der Waals surface area contributed by atoms with Crippen molar-refractivity contribution in [3.63, 3.8) is 0 Å². The number of carbonyl (C=O) groups is 1. The number of rotatable bonds is 6. The molecule has 0 saturated carbocycles. The minimum absolute atomic E-state index is 0.106. The summed E-state index contributed by atoms with van der Waals surface area (Å²) < 4.78 is 5.59. The number of thiophene rings is 1. The van der Waals surface area contributed by atoms with E-state index in [0.29, 0.717) is 17.3 Å². The molecule has 136 valence electrons. The van der Waals surface area contributed by atoms with Crippen molar-refractivity contribution in [1.29, 1.82) is 0 Å². The number of aryl methyl sites for hydroxylation is 1. The molecule has 3 rings (SSSR count). The van der Waals surface area contributed by atoms with Crippen molar-refractivity contribution in [2.75, 3.05) is 11.9 Å². The summed E-state index contributed by atoms with van der Waals surface area (Å²) in [6.45, 7) is 3.66. The van der Waals surface area contributed by atoms with Crippen molar-refractivity contribution < 1.29 is 14.6 Å². The van der Waals surface area contributed by atoms with E-state index in [4.69, 9.17) is 4.74 Å². The van der Waals surface area contributed by atoms with Crippen LogP contribution in [0.2, 0.25) is 0 Å². The van der Waals surface area contributed by atoms with Crippen molar-refractivity contribution >= 4 is 23.1 Å². The second-order valence-corrected chi connectivity index (χ2v) is 6.89. The van der Waals surface area contributed by atoms with E-state index in [-0.39, 0.29) is 6.54 Å². The lowest BCUT2D eigenvalue weighted by molar-refractivity contribution is 0.0604. The largest absolute Gasteiger partial charge is 0.438 e. The van der Waals surface area contributed by atoms with Gasteiger partial charge in [0.25, 0.3) is 0 Å². The monoisotopic (exact) mass is 372 g/mol. The summed E-state index contributed by atoms with van der Waals surface area (Å²) >= 11 is 1.50. The van der Waals surface area contributed by atoms with Crippen LogP contribution < -0.4 is 15.4 Å². The molecule has 0 spiro atoms. The van der Waals surface area contributed by atoms with E-state index >= 15 is 0 Å². The lowest BCUT2D eigenvalue weighted by Crippen LogP contribution is -2.40. The molecule has 2 amide bonds. The van der Waals surface area contributed by atoms with Gasteiger partial charge in [-0.1, -0.05) is 0 Å². The first-order valence-corrected chi connectivity index (χ1v) is 8.96. The highest BCUT2D eigenvalue weighted by atomic mass is 32.1. The molecule has 0 radical (unpaired) electrons. The van der Waals surface area contributed by atoms with Crippen LogP contribution >= 0.6 is 11.3 Å². The van der Waals surface area contributed by atoms with Crippen LogP contribution in [-0.2, 0) is 5.60 Å². The summed E-state index contributed by atoms with van der Waals surface area (Å²) in [7, 11) is 0. The molecule has 2 aromatic heterocycles. The molecule has 0 bridgehead atoms. The molecule has 1 aromatic carbocycles. The van der Waals surface area contributed by atoms with Gasteiger partial charge in [-0.3, -0.25) is 5.10 Å². The molecule has 7 nitrogen and oxygen atoms in total. The van der Waals surface area contributed by atoms with Crippen LogP contribution in [0.15, 0.2) is 47.2 Å². The maximum absolute atomic E-state index is 12.0. The average Bonchev–Trinajstić information content (AvgIpc) is 3.27. The first-order valence-electron chi connectivity index (χ1n) is 8.02. The Morgan fingerprint density at radius 3 is 2.73 bits per heavy atom. The maximum atomic E-state index is 12.0. The first-order chi connectivity index (χ1) is 12.4. The zero-order valence-corrected chi connectivity index (χ0v) is 15.3. The Kier molecular flexibility index (Phi) is 5.24. The number of nitrogens with one attached hydrogen (secondary N) is 3. The van der Waals surface area contributed by atoms with Crippen LogP contribution in [0.1, 0.15) is 18.2 Å². The Hall–Kier alpha value is -2.84. The summed E-state index contributed by atoms with van der Waals surface area (Å²) in [4.78, 5) is 12.0. The van der Waals surface area contributed by atoms with Crippen LogP contribution in [0.4, 0.5) is 10.5 Å². The summed E-state index contributed by atoms with van der Waals surface area (Å²) in [5.41, 5.74) is 1.19. The Labute approximate surface area is 155 Å². The van der Waals surface area contributed by atoms with Gasteiger partial charge in [0, 0.05) is 17.4 Å². The number of H-pyrrole nitrogens is 1. The molecule has 0 saturated heterocycles. The smallest absolute Gasteiger partial charge is 0.319 e. The van der Waals surface area contributed by atoms with E-state index in [9.17, 15) is 9.90 Å². The molecule has 2 heterocycles. The molecule has 26 heavy (non-hydrogen) atoms. The number of amides is 2. The number of ether oxygens (including phenoxy) is 1. The lowest BCUT2D eigenvalue weighted by atomic mass is 9.99. The number of nitrogens with zero attached hydrogens (tertiary/aromatic N) is 1. The quantitative estimate of drug-likeness (QED) is 0.531. The SMILES string of the molecule is Cc1cc(Oc2ccc(NC(=O)NCC(C)(O)c3ccsc3)cc2)n[nH]1. The van der Waals surface area contributed by atoms with E-state index in [0.717, 1.165) is 11.3 Å². The maximum Gasteiger partial charge on any atom is 0.319 e. The third kappa shape index (κ3) is 4.62. The average molecular weight is 372 g/mol. The van der Waals surface area contributed by atoms with Crippen molar-refractivity contribution in [2.45, 2.75) is 19.4 Å². The Morgan fingerprint density at radius 1 is 1.35 bits per heavy atom. The van der Waals surface area contributed by atoms with Crippen molar-refractivity contribution in [3.05, 3.63) is 58.4 Å².